The van der Waals surface area contributed by atoms with Crippen molar-refractivity contribution in [2.75, 3.05) is 24.5 Å². The van der Waals surface area contributed by atoms with Crippen LogP contribution in [0.2, 0.25) is 0 Å². The molecule has 0 spiro atoms. The number of anilines is 1. The van der Waals surface area contributed by atoms with E-state index in [9.17, 15) is 0 Å². The summed E-state index contributed by atoms with van der Waals surface area (Å²) in [5.41, 5.74) is 3.04. The lowest BCUT2D eigenvalue weighted by atomic mass is 10.1. The molecular weight excluding hydrogens is 360 g/mol. The molecule has 0 aliphatic carbocycles. The molecule has 3 heterocycles. The highest BCUT2D eigenvalue weighted by atomic mass is 15.4. The minimum atomic E-state index is 0.373. The van der Waals surface area contributed by atoms with Gasteiger partial charge in [0.1, 0.15) is 0 Å². The summed E-state index contributed by atoms with van der Waals surface area (Å²) in [4.78, 5) is 9.55. The SMILES string of the molecule is C=C(C)Cn1c(-c2cccc3cccnc23)nnc1N1CC(C)N(CC)CC1C. The predicted octanol–water partition coefficient (Wildman–Crippen LogP) is 3.99. The van der Waals surface area contributed by atoms with Gasteiger partial charge >= 0.3 is 0 Å². The van der Waals surface area contributed by atoms with Gasteiger partial charge in [0.25, 0.3) is 0 Å². The Morgan fingerprint density at radius 3 is 2.66 bits per heavy atom. The van der Waals surface area contributed by atoms with Gasteiger partial charge in [-0.05, 0) is 39.4 Å². The number of hydrogen-bond acceptors (Lipinski definition) is 5. The predicted molar refractivity (Wildman–Crippen MR) is 119 cm³/mol. The molecule has 0 radical (unpaired) electrons. The highest BCUT2D eigenvalue weighted by molar-refractivity contribution is 5.91. The Labute approximate surface area is 172 Å². The van der Waals surface area contributed by atoms with Crippen molar-refractivity contribution in [3.8, 4) is 11.4 Å². The van der Waals surface area contributed by atoms with Crippen molar-refractivity contribution >= 4 is 16.9 Å². The first-order valence-electron chi connectivity index (χ1n) is 10.4. The van der Waals surface area contributed by atoms with Gasteiger partial charge in [0.15, 0.2) is 5.82 Å². The summed E-state index contributed by atoms with van der Waals surface area (Å²) < 4.78 is 2.20. The molecule has 6 nitrogen and oxygen atoms in total. The van der Waals surface area contributed by atoms with Gasteiger partial charge < -0.3 is 4.90 Å². The molecule has 1 saturated heterocycles. The van der Waals surface area contributed by atoms with Crippen LogP contribution in [-0.2, 0) is 6.54 Å². The number of pyridine rings is 1. The number of benzene rings is 1. The molecule has 6 heteroatoms. The van der Waals surface area contributed by atoms with E-state index in [1.807, 2.05) is 12.3 Å². The summed E-state index contributed by atoms with van der Waals surface area (Å²) in [6.45, 7) is 16.7. The Morgan fingerprint density at radius 2 is 1.90 bits per heavy atom. The maximum atomic E-state index is 4.66. The van der Waals surface area contributed by atoms with Gasteiger partial charge in [-0.25, -0.2) is 0 Å². The number of nitrogens with zero attached hydrogens (tertiary/aromatic N) is 6. The van der Waals surface area contributed by atoms with Crippen LogP contribution < -0.4 is 4.90 Å². The van der Waals surface area contributed by atoms with Crippen LogP contribution in [0.15, 0.2) is 48.7 Å². The third-order valence-corrected chi connectivity index (χ3v) is 5.81. The summed E-state index contributed by atoms with van der Waals surface area (Å²) in [7, 11) is 0. The molecule has 0 bridgehead atoms. The van der Waals surface area contributed by atoms with Crippen molar-refractivity contribution in [2.24, 2.45) is 0 Å². The number of likely N-dealkylation sites (N-methyl/N-ethyl adjacent to an activating group) is 1. The van der Waals surface area contributed by atoms with Crippen LogP contribution in [-0.4, -0.2) is 56.4 Å². The highest BCUT2D eigenvalue weighted by Gasteiger charge is 2.32. The van der Waals surface area contributed by atoms with E-state index in [4.69, 9.17) is 0 Å². The third-order valence-electron chi connectivity index (χ3n) is 5.81. The van der Waals surface area contributed by atoms with E-state index in [1.165, 1.54) is 0 Å². The second-order valence-corrected chi connectivity index (χ2v) is 8.19. The standard InChI is InChI=1S/C23H30N6/c1-6-27-14-18(5)28(15-17(27)4)23-26-25-22(29(23)13-16(2)3)20-11-7-9-19-10-8-12-24-21(19)20/h7-12,17-18H,2,6,13-15H2,1,3-5H3. The normalized spacial score (nSPS) is 20.3. The maximum absolute atomic E-state index is 4.66. The first-order valence-corrected chi connectivity index (χ1v) is 10.4. The molecule has 2 aromatic heterocycles. The molecule has 0 N–H and O–H groups in total. The molecular formula is C23H30N6. The molecule has 3 aromatic rings. The van der Waals surface area contributed by atoms with Gasteiger partial charge in [0.2, 0.25) is 5.95 Å². The lowest BCUT2D eigenvalue weighted by Gasteiger charge is -2.44. The quantitative estimate of drug-likeness (QED) is 0.617. The van der Waals surface area contributed by atoms with Crippen LogP contribution in [0.25, 0.3) is 22.3 Å². The van der Waals surface area contributed by atoms with Crippen LogP contribution in [0.3, 0.4) is 0 Å². The Morgan fingerprint density at radius 1 is 1.10 bits per heavy atom. The molecule has 0 saturated carbocycles. The summed E-state index contributed by atoms with van der Waals surface area (Å²) in [5, 5.41) is 10.4. The zero-order valence-electron chi connectivity index (χ0n) is 17.8. The number of allylic oxidation sites excluding steroid dienone is 1. The van der Waals surface area contributed by atoms with Gasteiger partial charge in [0.05, 0.1) is 5.52 Å². The third kappa shape index (κ3) is 3.65. The molecule has 0 amide bonds. The summed E-state index contributed by atoms with van der Waals surface area (Å²) in [6.07, 6.45) is 1.83. The largest absolute Gasteiger partial charge is 0.335 e. The molecule has 1 aliphatic heterocycles. The lowest BCUT2D eigenvalue weighted by Crippen LogP contribution is -2.57. The van der Waals surface area contributed by atoms with Gasteiger partial charge in [0, 0.05) is 48.9 Å². The fourth-order valence-electron chi connectivity index (χ4n) is 4.32. The average Bonchev–Trinajstić information content (AvgIpc) is 3.11. The lowest BCUT2D eigenvalue weighted by molar-refractivity contribution is 0.173. The average molecular weight is 391 g/mol. The van der Waals surface area contributed by atoms with E-state index in [0.29, 0.717) is 18.6 Å². The van der Waals surface area contributed by atoms with Gasteiger partial charge in [-0.15, -0.1) is 10.2 Å². The van der Waals surface area contributed by atoms with Crippen molar-refractivity contribution in [1.82, 2.24) is 24.6 Å². The molecule has 1 aliphatic rings. The van der Waals surface area contributed by atoms with Gasteiger partial charge in [-0.2, -0.15) is 0 Å². The van der Waals surface area contributed by atoms with E-state index in [0.717, 1.165) is 53.4 Å². The second kappa shape index (κ2) is 7.95. The smallest absolute Gasteiger partial charge is 0.228 e. The number of aromatic nitrogens is 4. The van der Waals surface area contributed by atoms with Crippen molar-refractivity contribution in [1.29, 1.82) is 0 Å². The Kier molecular flexibility index (Phi) is 5.37. The van der Waals surface area contributed by atoms with E-state index >= 15 is 0 Å². The van der Waals surface area contributed by atoms with E-state index < -0.39 is 0 Å². The number of fused-ring (bicyclic) bond motifs is 1. The Hall–Kier alpha value is -2.73. The summed E-state index contributed by atoms with van der Waals surface area (Å²) in [5.74, 6) is 1.77. The number of para-hydroxylation sites is 1. The van der Waals surface area contributed by atoms with Crippen molar-refractivity contribution in [2.45, 2.75) is 46.3 Å². The minimum absolute atomic E-state index is 0.373. The van der Waals surface area contributed by atoms with Crippen molar-refractivity contribution in [3.05, 3.63) is 48.7 Å². The van der Waals surface area contributed by atoms with Crippen molar-refractivity contribution in [3.63, 3.8) is 0 Å². The number of piperazine rings is 1. The number of rotatable bonds is 5. The monoisotopic (exact) mass is 390 g/mol. The van der Waals surface area contributed by atoms with Gasteiger partial charge in [-0.3, -0.25) is 14.5 Å². The van der Waals surface area contributed by atoms with Gasteiger partial charge in [-0.1, -0.05) is 37.3 Å². The minimum Gasteiger partial charge on any atom is -0.335 e. The second-order valence-electron chi connectivity index (χ2n) is 8.19. The first-order chi connectivity index (χ1) is 14.0. The molecule has 2 unspecified atom stereocenters. The van der Waals surface area contributed by atoms with Crippen molar-refractivity contribution < 1.29 is 0 Å². The first kappa shape index (κ1) is 19.6. The van der Waals surface area contributed by atoms with Crippen LogP contribution in [0.4, 0.5) is 5.95 Å². The van der Waals surface area contributed by atoms with E-state index in [1.54, 1.807) is 0 Å². The fourth-order valence-corrected chi connectivity index (χ4v) is 4.32. The molecule has 1 fully saturated rings. The molecule has 152 valence electrons. The Balaban J connectivity index is 1.81. The van der Waals surface area contributed by atoms with E-state index in [-0.39, 0.29) is 0 Å². The fraction of sp³-hybridized carbons (Fsp3) is 0.435. The molecule has 2 atom stereocenters. The highest BCUT2D eigenvalue weighted by Crippen LogP contribution is 2.31. The zero-order valence-corrected chi connectivity index (χ0v) is 17.8. The molecule has 1 aromatic carbocycles. The van der Waals surface area contributed by atoms with E-state index in [2.05, 4.69) is 88.1 Å². The van der Waals surface area contributed by atoms with Crippen LogP contribution in [0.5, 0.6) is 0 Å². The summed E-state index contributed by atoms with van der Waals surface area (Å²) in [6, 6.07) is 11.1. The number of hydrogen-bond donors (Lipinski definition) is 0. The van der Waals surface area contributed by atoms with Crippen LogP contribution in [0, 0.1) is 0 Å². The van der Waals surface area contributed by atoms with Crippen LogP contribution >= 0.6 is 0 Å². The Bertz CT molecular complexity index is 1020. The van der Waals surface area contributed by atoms with Crippen LogP contribution in [0.1, 0.15) is 27.7 Å². The topological polar surface area (TPSA) is 50.1 Å². The zero-order chi connectivity index (χ0) is 20.5. The molecule has 4 rings (SSSR count). The summed E-state index contributed by atoms with van der Waals surface area (Å²) >= 11 is 0. The molecule has 29 heavy (non-hydrogen) atoms. The maximum Gasteiger partial charge on any atom is 0.228 e.